The number of halogens is 5. The molecule has 0 N–H and O–H groups in total. The van der Waals surface area contributed by atoms with Crippen LogP contribution in [0.2, 0.25) is 0 Å². The molecule has 0 spiro atoms. The summed E-state index contributed by atoms with van der Waals surface area (Å²) in [6.45, 7) is 0. The summed E-state index contributed by atoms with van der Waals surface area (Å²) in [5.74, 6) is -5.55. The normalized spacial score (nSPS) is 10.6. The lowest BCUT2D eigenvalue weighted by Gasteiger charge is -2.20. The molecule has 0 aliphatic carbocycles. The molecule has 2 aromatic carbocycles. The van der Waals surface area contributed by atoms with Crippen LogP contribution in [-0.4, -0.2) is 7.05 Å². The maximum absolute atomic E-state index is 13.5. The standard InChI is InChI=1S/C13H8F5N/c1-19(8-2-3-9(15)10(16)6-8)13-11(17)4-7(14)5-12(13)18/h2-6H,1H3. The molecule has 19 heavy (non-hydrogen) atoms. The fourth-order valence-electron chi connectivity index (χ4n) is 1.68. The number of rotatable bonds is 2. The lowest BCUT2D eigenvalue weighted by atomic mass is 10.2. The van der Waals surface area contributed by atoms with Crippen molar-refractivity contribution in [3.63, 3.8) is 0 Å². The third-order valence-corrected chi connectivity index (χ3v) is 2.61. The highest BCUT2D eigenvalue weighted by molar-refractivity contribution is 5.63. The minimum atomic E-state index is -1.15. The molecule has 0 aromatic heterocycles. The Balaban J connectivity index is 2.49. The number of nitrogens with zero attached hydrogens (tertiary/aromatic N) is 1. The highest BCUT2D eigenvalue weighted by Gasteiger charge is 2.17. The Morgan fingerprint density at radius 3 is 1.84 bits per heavy atom. The summed E-state index contributed by atoms with van der Waals surface area (Å²) in [4.78, 5) is 0.965. The first kappa shape index (κ1) is 13.3. The molecule has 2 aromatic rings. The maximum Gasteiger partial charge on any atom is 0.160 e. The minimum Gasteiger partial charge on any atom is -0.340 e. The monoisotopic (exact) mass is 273 g/mol. The van der Waals surface area contributed by atoms with Crippen LogP contribution in [0.1, 0.15) is 0 Å². The Kier molecular flexibility index (Phi) is 3.42. The first-order chi connectivity index (χ1) is 8.90. The van der Waals surface area contributed by atoms with Crippen LogP contribution in [0.5, 0.6) is 0 Å². The largest absolute Gasteiger partial charge is 0.340 e. The number of hydrogen-bond donors (Lipinski definition) is 0. The van der Waals surface area contributed by atoms with E-state index in [1.165, 1.54) is 7.05 Å². The quantitative estimate of drug-likeness (QED) is 0.743. The molecule has 2 rings (SSSR count). The van der Waals surface area contributed by atoms with E-state index in [-0.39, 0.29) is 5.69 Å². The van der Waals surface area contributed by atoms with Gasteiger partial charge in [-0.3, -0.25) is 0 Å². The van der Waals surface area contributed by atoms with Gasteiger partial charge in [0.15, 0.2) is 23.3 Å². The molecule has 0 atom stereocenters. The first-order valence-corrected chi connectivity index (χ1v) is 5.23. The van der Waals surface area contributed by atoms with Gasteiger partial charge in [0.05, 0.1) is 0 Å². The third kappa shape index (κ3) is 2.52. The van der Waals surface area contributed by atoms with Gasteiger partial charge in [0, 0.05) is 30.9 Å². The van der Waals surface area contributed by atoms with Crippen molar-refractivity contribution in [1.29, 1.82) is 0 Å². The van der Waals surface area contributed by atoms with Crippen LogP contribution in [0.4, 0.5) is 33.3 Å². The molecule has 0 aliphatic rings. The smallest absolute Gasteiger partial charge is 0.160 e. The van der Waals surface area contributed by atoms with Crippen molar-refractivity contribution >= 4 is 11.4 Å². The lowest BCUT2D eigenvalue weighted by Crippen LogP contribution is -2.14. The molecule has 0 amide bonds. The molecule has 0 saturated heterocycles. The molecule has 100 valence electrons. The van der Waals surface area contributed by atoms with Crippen LogP contribution in [0.15, 0.2) is 30.3 Å². The summed E-state index contributed by atoms with van der Waals surface area (Å²) in [7, 11) is 1.26. The molecule has 0 radical (unpaired) electrons. The zero-order valence-electron chi connectivity index (χ0n) is 9.72. The fourth-order valence-corrected chi connectivity index (χ4v) is 1.68. The van der Waals surface area contributed by atoms with Crippen LogP contribution in [-0.2, 0) is 0 Å². The molecule has 6 heteroatoms. The van der Waals surface area contributed by atoms with Crippen molar-refractivity contribution in [3.05, 3.63) is 59.4 Å². The molecule has 0 heterocycles. The number of hydrogen-bond acceptors (Lipinski definition) is 1. The van der Waals surface area contributed by atoms with Gasteiger partial charge >= 0.3 is 0 Å². The summed E-state index contributed by atoms with van der Waals surface area (Å²) >= 11 is 0. The highest BCUT2D eigenvalue weighted by Crippen LogP contribution is 2.30. The lowest BCUT2D eigenvalue weighted by molar-refractivity contribution is 0.508. The topological polar surface area (TPSA) is 3.24 Å². The Morgan fingerprint density at radius 1 is 0.737 bits per heavy atom. The van der Waals surface area contributed by atoms with Gasteiger partial charge in [-0.25, -0.2) is 22.0 Å². The van der Waals surface area contributed by atoms with Crippen molar-refractivity contribution in [2.45, 2.75) is 0 Å². The third-order valence-electron chi connectivity index (χ3n) is 2.61. The van der Waals surface area contributed by atoms with Crippen molar-refractivity contribution in [1.82, 2.24) is 0 Å². The van der Waals surface area contributed by atoms with Gasteiger partial charge in [0.25, 0.3) is 0 Å². The van der Waals surface area contributed by atoms with Crippen molar-refractivity contribution in [3.8, 4) is 0 Å². The Morgan fingerprint density at radius 2 is 1.32 bits per heavy atom. The summed E-state index contributed by atoms with van der Waals surface area (Å²) in [6, 6.07) is 3.79. The summed E-state index contributed by atoms with van der Waals surface area (Å²) in [6.07, 6.45) is 0. The molecule has 1 nitrogen and oxygen atoms in total. The predicted molar refractivity (Wildman–Crippen MR) is 60.7 cm³/mol. The molecular weight excluding hydrogens is 265 g/mol. The predicted octanol–water partition coefficient (Wildman–Crippen LogP) is 4.15. The van der Waals surface area contributed by atoms with Crippen LogP contribution in [0.25, 0.3) is 0 Å². The van der Waals surface area contributed by atoms with E-state index in [4.69, 9.17) is 0 Å². The molecule has 0 aliphatic heterocycles. The van der Waals surface area contributed by atoms with E-state index in [9.17, 15) is 22.0 Å². The van der Waals surface area contributed by atoms with E-state index in [2.05, 4.69) is 0 Å². The van der Waals surface area contributed by atoms with Gasteiger partial charge < -0.3 is 4.90 Å². The minimum absolute atomic E-state index is 0.0308. The van der Waals surface area contributed by atoms with Crippen LogP contribution in [0, 0.1) is 29.1 Å². The van der Waals surface area contributed by atoms with Gasteiger partial charge in [0.2, 0.25) is 0 Å². The van der Waals surface area contributed by atoms with Crippen LogP contribution in [0.3, 0.4) is 0 Å². The second-order valence-corrected chi connectivity index (χ2v) is 3.88. The first-order valence-electron chi connectivity index (χ1n) is 5.23. The van der Waals surface area contributed by atoms with E-state index in [1.807, 2.05) is 0 Å². The SMILES string of the molecule is CN(c1ccc(F)c(F)c1)c1c(F)cc(F)cc1F. The summed E-state index contributed by atoms with van der Waals surface area (Å²) < 4.78 is 65.7. The Bertz CT molecular complexity index is 603. The second-order valence-electron chi connectivity index (χ2n) is 3.88. The highest BCUT2D eigenvalue weighted by atomic mass is 19.2. The summed E-state index contributed by atoms with van der Waals surface area (Å²) in [5, 5.41) is 0. The maximum atomic E-state index is 13.5. The average molecular weight is 273 g/mol. The van der Waals surface area contributed by atoms with Gasteiger partial charge in [-0.1, -0.05) is 0 Å². The fraction of sp³-hybridized carbons (Fsp3) is 0.0769. The van der Waals surface area contributed by atoms with Gasteiger partial charge in [-0.05, 0) is 12.1 Å². The van der Waals surface area contributed by atoms with E-state index in [0.29, 0.717) is 12.1 Å². The van der Waals surface area contributed by atoms with Crippen LogP contribution < -0.4 is 4.90 Å². The van der Waals surface area contributed by atoms with Crippen molar-refractivity contribution in [2.24, 2.45) is 0 Å². The van der Waals surface area contributed by atoms with E-state index < -0.39 is 34.8 Å². The van der Waals surface area contributed by atoms with Gasteiger partial charge in [0.1, 0.15) is 11.5 Å². The number of benzene rings is 2. The van der Waals surface area contributed by atoms with Crippen molar-refractivity contribution in [2.75, 3.05) is 11.9 Å². The van der Waals surface area contributed by atoms with E-state index in [0.717, 1.165) is 23.1 Å². The zero-order chi connectivity index (χ0) is 14.2. The molecule has 0 saturated carbocycles. The van der Waals surface area contributed by atoms with E-state index >= 15 is 0 Å². The Hall–Kier alpha value is -2.11. The average Bonchev–Trinajstić information content (AvgIpc) is 2.31. The molecule has 0 fully saturated rings. The molecule has 0 bridgehead atoms. The van der Waals surface area contributed by atoms with Crippen molar-refractivity contribution < 1.29 is 22.0 Å². The molecule has 0 unspecified atom stereocenters. The molecular formula is C13H8F5N. The van der Waals surface area contributed by atoms with E-state index in [1.54, 1.807) is 0 Å². The van der Waals surface area contributed by atoms with Gasteiger partial charge in [-0.2, -0.15) is 0 Å². The number of anilines is 2. The summed E-state index contributed by atoms with van der Waals surface area (Å²) in [5.41, 5.74) is -0.518. The second kappa shape index (κ2) is 4.87. The van der Waals surface area contributed by atoms with Crippen LogP contribution >= 0.6 is 0 Å². The Labute approximate surface area is 105 Å². The zero-order valence-corrected chi connectivity index (χ0v) is 9.72. The van der Waals surface area contributed by atoms with Gasteiger partial charge in [-0.15, -0.1) is 0 Å².